The summed E-state index contributed by atoms with van der Waals surface area (Å²) < 4.78 is 40.9. The highest BCUT2D eigenvalue weighted by Crippen LogP contribution is 2.21. The number of ether oxygens (including phenoxy) is 1. The second-order valence-corrected chi connectivity index (χ2v) is 7.03. The van der Waals surface area contributed by atoms with Gasteiger partial charge in [-0.3, -0.25) is 9.59 Å². The third kappa shape index (κ3) is 6.57. The number of hydrogen-bond donors (Lipinski definition) is 2. The molecule has 2 N–H and O–H groups in total. The van der Waals surface area contributed by atoms with Crippen molar-refractivity contribution in [2.24, 2.45) is 5.41 Å². The van der Waals surface area contributed by atoms with Gasteiger partial charge in [0.1, 0.15) is 0 Å². The molecular formula is C19H20F3N3O3. The van der Waals surface area contributed by atoms with Crippen LogP contribution in [0.2, 0.25) is 0 Å². The highest BCUT2D eigenvalue weighted by atomic mass is 19.4. The summed E-state index contributed by atoms with van der Waals surface area (Å²) in [7, 11) is 0. The molecule has 0 saturated carbocycles. The molecule has 0 aliphatic rings. The number of anilines is 2. The second-order valence-electron chi connectivity index (χ2n) is 7.03. The van der Waals surface area contributed by atoms with Gasteiger partial charge < -0.3 is 15.4 Å². The van der Waals surface area contributed by atoms with E-state index in [2.05, 4.69) is 20.4 Å². The Balaban J connectivity index is 2.01. The van der Waals surface area contributed by atoms with E-state index in [1.807, 2.05) is 0 Å². The lowest BCUT2D eigenvalue weighted by atomic mass is 9.95. The number of aromatic nitrogens is 1. The van der Waals surface area contributed by atoms with Gasteiger partial charge in [0.15, 0.2) is 6.61 Å². The van der Waals surface area contributed by atoms with E-state index in [0.29, 0.717) is 11.4 Å². The summed E-state index contributed by atoms with van der Waals surface area (Å²) in [5.74, 6) is -0.912. The average Bonchev–Trinajstić information content (AvgIpc) is 2.59. The Labute approximate surface area is 160 Å². The molecule has 0 atom stereocenters. The Morgan fingerprint density at radius 3 is 2.21 bits per heavy atom. The number of hydrogen-bond acceptors (Lipinski definition) is 4. The molecule has 28 heavy (non-hydrogen) atoms. The fourth-order valence-corrected chi connectivity index (χ4v) is 1.95. The van der Waals surface area contributed by atoms with E-state index in [0.717, 1.165) is 6.20 Å². The van der Waals surface area contributed by atoms with Crippen molar-refractivity contribution in [1.82, 2.24) is 4.98 Å². The molecule has 0 spiro atoms. The number of amides is 2. The Morgan fingerprint density at radius 1 is 1.04 bits per heavy atom. The van der Waals surface area contributed by atoms with Crippen molar-refractivity contribution >= 4 is 23.2 Å². The molecule has 1 aromatic heterocycles. The fourth-order valence-electron chi connectivity index (χ4n) is 1.95. The summed E-state index contributed by atoms with van der Waals surface area (Å²) in [6.45, 7) is 3.88. The molecule has 1 aromatic carbocycles. The minimum absolute atomic E-state index is 0.142. The van der Waals surface area contributed by atoms with Crippen LogP contribution in [-0.4, -0.2) is 29.6 Å². The van der Waals surface area contributed by atoms with Crippen LogP contribution < -0.4 is 15.4 Å². The molecule has 2 amide bonds. The maximum atomic E-state index is 12.3. The highest BCUT2D eigenvalue weighted by molar-refractivity contribution is 6.04. The zero-order valence-corrected chi connectivity index (χ0v) is 15.6. The van der Waals surface area contributed by atoms with Crippen molar-refractivity contribution in [3.05, 3.63) is 48.2 Å². The van der Waals surface area contributed by atoms with E-state index in [1.54, 1.807) is 45.0 Å². The Morgan fingerprint density at radius 2 is 1.68 bits per heavy atom. The zero-order valence-electron chi connectivity index (χ0n) is 15.6. The van der Waals surface area contributed by atoms with Gasteiger partial charge in [-0.25, -0.2) is 4.98 Å². The summed E-state index contributed by atoms with van der Waals surface area (Å²) >= 11 is 0. The molecule has 0 radical (unpaired) electrons. The number of rotatable bonds is 5. The number of benzene rings is 1. The van der Waals surface area contributed by atoms with Crippen molar-refractivity contribution in [2.45, 2.75) is 26.9 Å². The predicted molar refractivity (Wildman–Crippen MR) is 98.3 cm³/mol. The summed E-state index contributed by atoms with van der Waals surface area (Å²) in [5.41, 5.74) is 0.533. The first-order valence-electron chi connectivity index (χ1n) is 8.32. The Hall–Kier alpha value is -3.10. The summed E-state index contributed by atoms with van der Waals surface area (Å²) in [4.78, 5) is 28.0. The van der Waals surface area contributed by atoms with Crippen LogP contribution in [0.5, 0.6) is 5.88 Å². The Bertz CT molecular complexity index is 844. The average molecular weight is 395 g/mol. The molecule has 0 saturated heterocycles. The summed E-state index contributed by atoms with van der Waals surface area (Å²) in [6, 6.07) is 9.07. The van der Waals surface area contributed by atoms with Gasteiger partial charge in [-0.2, -0.15) is 13.2 Å². The van der Waals surface area contributed by atoms with Crippen LogP contribution in [0.15, 0.2) is 42.6 Å². The maximum absolute atomic E-state index is 12.3. The van der Waals surface area contributed by atoms with Gasteiger partial charge >= 0.3 is 6.18 Å². The number of carbonyl (C=O) groups excluding carboxylic acids is 2. The predicted octanol–water partition coefficient (Wildman–Crippen LogP) is 4.26. The number of alkyl halides is 3. The molecule has 6 nitrogen and oxygen atoms in total. The van der Waals surface area contributed by atoms with Crippen molar-refractivity contribution in [1.29, 1.82) is 0 Å². The monoisotopic (exact) mass is 395 g/mol. The largest absolute Gasteiger partial charge is 0.468 e. The van der Waals surface area contributed by atoms with E-state index >= 15 is 0 Å². The van der Waals surface area contributed by atoms with E-state index in [4.69, 9.17) is 0 Å². The maximum Gasteiger partial charge on any atom is 0.422 e. The third-order valence-electron chi connectivity index (χ3n) is 3.44. The summed E-state index contributed by atoms with van der Waals surface area (Å²) in [6.07, 6.45) is -3.35. The lowest BCUT2D eigenvalue weighted by Crippen LogP contribution is -2.27. The first kappa shape index (κ1) is 21.2. The van der Waals surface area contributed by atoms with E-state index < -0.39 is 24.1 Å². The van der Waals surface area contributed by atoms with Crippen LogP contribution in [0.25, 0.3) is 0 Å². The minimum Gasteiger partial charge on any atom is -0.468 e. The SMILES string of the molecule is CC(C)(C)C(=O)Nc1cccc(NC(=O)c2ccc(OCC(F)(F)F)nc2)c1. The van der Waals surface area contributed by atoms with Gasteiger partial charge in [0.2, 0.25) is 11.8 Å². The molecule has 2 aromatic rings. The molecule has 0 fully saturated rings. The zero-order chi connectivity index (χ0) is 20.9. The van der Waals surface area contributed by atoms with E-state index in [9.17, 15) is 22.8 Å². The van der Waals surface area contributed by atoms with Gasteiger partial charge in [0, 0.05) is 29.1 Å². The van der Waals surface area contributed by atoms with Crippen molar-refractivity contribution in [3.63, 3.8) is 0 Å². The molecular weight excluding hydrogens is 375 g/mol. The fraction of sp³-hybridized carbons (Fsp3) is 0.316. The molecule has 2 rings (SSSR count). The summed E-state index contributed by atoms with van der Waals surface area (Å²) in [5, 5.41) is 5.39. The first-order valence-corrected chi connectivity index (χ1v) is 8.32. The van der Waals surface area contributed by atoms with Crippen molar-refractivity contribution in [2.75, 3.05) is 17.2 Å². The third-order valence-corrected chi connectivity index (χ3v) is 3.44. The lowest BCUT2D eigenvalue weighted by Gasteiger charge is -2.18. The number of carbonyl (C=O) groups is 2. The van der Waals surface area contributed by atoms with Gasteiger partial charge in [-0.15, -0.1) is 0 Å². The highest BCUT2D eigenvalue weighted by Gasteiger charge is 2.28. The first-order chi connectivity index (χ1) is 12.9. The van der Waals surface area contributed by atoms with E-state index in [-0.39, 0.29) is 17.4 Å². The van der Waals surface area contributed by atoms with Crippen LogP contribution in [-0.2, 0) is 4.79 Å². The number of nitrogens with one attached hydrogen (secondary N) is 2. The molecule has 0 bridgehead atoms. The number of nitrogens with zero attached hydrogens (tertiary/aromatic N) is 1. The quantitative estimate of drug-likeness (QED) is 0.793. The molecule has 0 aliphatic carbocycles. The van der Waals surface area contributed by atoms with Crippen LogP contribution in [0.1, 0.15) is 31.1 Å². The van der Waals surface area contributed by atoms with Crippen LogP contribution >= 0.6 is 0 Å². The normalized spacial score (nSPS) is 11.6. The minimum atomic E-state index is -4.47. The van der Waals surface area contributed by atoms with Crippen LogP contribution in [0.3, 0.4) is 0 Å². The topological polar surface area (TPSA) is 80.3 Å². The second kappa shape index (κ2) is 8.28. The van der Waals surface area contributed by atoms with Crippen molar-refractivity contribution in [3.8, 4) is 5.88 Å². The molecule has 0 aliphatic heterocycles. The number of pyridine rings is 1. The molecule has 0 unspecified atom stereocenters. The van der Waals surface area contributed by atoms with Crippen LogP contribution in [0.4, 0.5) is 24.5 Å². The van der Waals surface area contributed by atoms with E-state index in [1.165, 1.54) is 12.1 Å². The van der Waals surface area contributed by atoms with Crippen molar-refractivity contribution < 1.29 is 27.5 Å². The smallest absolute Gasteiger partial charge is 0.422 e. The Kier molecular flexibility index (Phi) is 6.27. The number of halogens is 3. The standard InChI is InChI=1S/C19H20F3N3O3/c1-18(2,3)17(27)25-14-6-4-5-13(9-14)24-16(26)12-7-8-15(23-10-12)28-11-19(20,21)22/h4-10H,11H2,1-3H3,(H,24,26)(H,25,27). The lowest BCUT2D eigenvalue weighted by molar-refractivity contribution is -0.154. The van der Waals surface area contributed by atoms with Gasteiger partial charge in [-0.1, -0.05) is 26.8 Å². The van der Waals surface area contributed by atoms with Crippen LogP contribution in [0, 0.1) is 5.41 Å². The molecule has 1 heterocycles. The van der Waals surface area contributed by atoms with Gasteiger partial charge in [-0.05, 0) is 24.3 Å². The van der Waals surface area contributed by atoms with Gasteiger partial charge in [0.05, 0.1) is 5.56 Å². The molecule has 9 heteroatoms. The van der Waals surface area contributed by atoms with Gasteiger partial charge in [0.25, 0.3) is 5.91 Å². The molecule has 150 valence electrons.